The van der Waals surface area contributed by atoms with E-state index in [2.05, 4.69) is 5.92 Å². The summed E-state index contributed by atoms with van der Waals surface area (Å²) in [5, 5.41) is 0. The molecule has 1 aromatic rings. The molecule has 0 aliphatic heterocycles. The zero-order valence-electron chi connectivity index (χ0n) is 9.01. The summed E-state index contributed by atoms with van der Waals surface area (Å²) in [6, 6.07) is 5.42. The molecule has 0 aliphatic carbocycles. The van der Waals surface area contributed by atoms with Crippen LogP contribution in [0.3, 0.4) is 0 Å². The molecule has 0 saturated carbocycles. The van der Waals surface area contributed by atoms with Crippen LogP contribution in [0, 0.1) is 18.3 Å². The Kier molecular flexibility index (Phi) is 4.17. The SMILES string of the molecule is C#Cc1cccc([C](C)CF)c1OCC. The fourth-order valence-electron chi connectivity index (χ4n) is 1.36. The number of terminal acetylenes is 1. The minimum Gasteiger partial charge on any atom is -0.492 e. The van der Waals surface area contributed by atoms with Crippen molar-refractivity contribution in [2.24, 2.45) is 0 Å². The normalized spacial score (nSPS) is 10.1. The van der Waals surface area contributed by atoms with Crippen molar-refractivity contribution in [3.8, 4) is 18.1 Å². The smallest absolute Gasteiger partial charge is 0.138 e. The Morgan fingerprint density at radius 3 is 2.80 bits per heavy atom. The van der Waals surface area contributed by atoms with E-state index in [0.717, 1.165) is 5.56 Å². The molecule has 0 atom stereocenters. The van der Waals surface area contributed by atoms with E-state index < -0.39 is 6.67 Å². The van der Waals surface area contributed by atoms with E-state index in [4.69, 9.17) is 11.2 Å². The first kappa shape index (κ1) is 11.6. The highest BCUT2D eigenvalue weighted by molar-refractivity contribution is 5.54. The van der Waals surface area contributed by atoms with Crippen molar-refractivity contribution < 1.29 is 9.13 Å². The molecule has 0 unspecified atom stereocenters. The topological polar surface area (TPSA) is 9.23 Å². The summed E-state index contributed by atoms with van der Waals surface area (Å²) in [5.41, 5.74) is 1.43. The molecule has 1 nitrogen and oxygen atoms in total. The summed E-state index contributed by atoms with van der Waals surface area (Å²) in [6.07, 6.45) is 5.36. The molecule has 0 saturated heterocycles. The number of ether oxygens (including phenoxy) is 1. The largest absolute Gasteiger partial charge is 0.492 e. The van der Waals surface area contributed by atoms with Crippen LogP contribution in [0.1, 0.15) is 25.0 Å². The summed E-state index contributed by atoms with van der Waals surface area (Å²) in [7, 11) is 0. The number of rotatable bonds is 4. The number of hydrogen-bond donors (Lipinski definition) is 0. The van der Waals surface area contributed by atoms with Crippen molar-refractivity contribution in [2.75, 3.05) is 13.3 Å². The van der Waals surface area contributed by atoms with Gasteiger partial charge < -0.3 is 4.74 Å². The van der Waals surface area contributed by atoms with Crippen LogP contribution in [0.4, 0.5) is 4.39 Å². The van der Waals surface area contributed by atoms with Crippen LogP contribution >= 0.6 is 0 Å². The van der Waals surface area contributed by atoms with Crippen LogP contribution < -0.4 is 4.74 Å². The molecule has 0 aliphatic rings. The van der Waals surface area contributed by atoms with E-state index in [1.54, 1.807) is 13.0 Å². The quantitative estimate of drug-likeness (QED) is 0.687. The average Bonchev–Trinajstić information content (AvgIpc) is 2.28. The zero-order valence-corrected chi connectivity index (χ0v) is 9.01. The van der Waals surface area contributed by atoms with Crippen molar-refractivity contribution in [1.29, 1.82) is 0 Å². The van der Waals surface area contributed by atoms with Gasteiger partial charge in [-0.3, -0.25) is 4.39 Å². The maximum Gasteiger partial charge on any atom is 0.138 e. The van der Waals surface area contributed by atoms with Crippen molar-refractivity contribution in [3.63, 3.8) is 0 Å². The number of para-hydroxylation sites is 1. The van der Waals surface area contributed by atoms with E-state index >= 15 is 0 Å². The second-order valence-corrected chi connectivity index (χ2v) is 3.17. The van der Waals surface area contributed by atoms with Gasteiger partial charge in [-0.2, -0.15) is 0 Å². The minimum atomic E-state index is -0.492. The molecule has 15 heavy (non-hydrogen) atoms. The van der Waals surface area contributed by atoms with Gasteiger partial charge in [0.15, 0.2) is 0 Å². The molecular weight excluding hydrogens is 191 g/mol. The van der Waals surface area contributed by atoms with Gasteiger partial charge in [0.1, 0.15) is 5.75 Å². The molecule has 1 rings (SSSR count). The minimum absolute atomic E-state index is 0.492. The molecule has 0 aromatic heterocycles. The first-order valence-electron chi connectivity index (χ1n) is 4.85. The average molecular weight is 205 g/mol. The van der Waals surface area contributed by atoms with Crippen molar-refractivity contribution >= 4 is 0 Å². The summed E-state index contributed by atoms with van der Waals surface area (Å²) in [6.45, 7) is 3.64. The van der Waals surface area contributed by atoms with Gasteiger partial charge in [0.25, 0.3) is 0 Å². The molecule has 2 heteroatoms. The summed E-state index contributed by atoms with van der Waals surface area (Å²) in [5.74, 6) is 3.78. The highest BCUT2D eigenvalue weighted by Crippen LogP contribution is 2.29. The monoisotopic (exact) mass is 205 g/mol. The maximum absolute atomic E-state index is 12.6. The molecule has 0 amide bonds. The van der Waals surface area contributed by atoms with Crippen molar-refractivity contribution in [3.05, 3.63) is 35.2 Å². The maximum atomic E-state index is 12.6. The molecule has 0 spiro atoms. The van der Waals surface area contributed by atoms with E-state index in [9.17, 15) is 4.39 Å². The van der Waals surface area contributed by atoms with Crippen LogP contribution in [-0.4, -0.2) is 13.3 Å². The number of alkyl halides is 1. The van der Waals surface area contributed by atoms with E-state index in [0.29, 0.717) is 23.8 Å². The second-order valence-electron chi connectivity index (χ2n) is 3.17. The van der Waals surface area contributed by atoms with Crippen LogP contribution in [0.15, 0.2) is 18.2 Å². The lowest BCUT2D eigenvalue weighted by Crippen LogP contribution is -2.04. The van der Waals surface area contributed by atoms with Crippen LogP contribution in [0.25, 0.3) is 0 Å². The third-order valence-corrected chi connectivity index (χ3v) is 2.12. The fourth-order valence-corrected chi connectivity index (χ4v) is 1.36. The molecule has 0 fully saturated rings. The lowest BCUT2D eigenvalue weighted by atomic mass is 9.98. The molecular formula is C13H14FO. The molecule has 0 bridgehead atoms. The Morgan fingerprint density at radius 2 is 2.27 bits per heavy atom. The van der Waals surface area contributed by atoms with Crippen molar-refractivity contribution in [2.45, 2.75) is 13.8 Å². The third kappa shape index (κ3) is 2.50. The molecule has 1 radical (unpaired) electrons. The first-order chi connectivity index (χ1) is 7.24. The van der Waals surface area contributed by atoms with Gasteiger partial charge in [-0.1, -0.05) is 25.0 Å². The lowest BCUT2D eigenvalue weighted by molar-refractivity contribution is 0.335. The van der Waals surface area contributed by atoms with Gasteiger partial charge in [-0.15, -0.1) is 6.42 Å². The third-order valence-electron chi connectivity index (χ3n) is 2.12. The number of halogens is 1. The van der Waals surface area contributed by atoms with Gasteiger partial charge >= 0.3 is 0 Å². The van der Waals surface area contributed by atoms with Gasteiger partial charge in [0.05, 0.1) is 18.8 Å². The first-order valence-corrected chi connectivity index (χ1v) is 4.85. The lowest BCUT2D eigenvalue weighted by Gasteiger charge is -2.14. The van der Waals surface area contributed by atoms with Crippen molar-refractivity contribution in [1.82, 2.24) is 0 Å². The van der Waals surface area contributed by atoms with E-state index in [1.165, 1.54) is 0 Å². The Labute approximate surface area is 90.3 Å². The summed E-state index contributed by atoms with van der Waals surface area (Å²) < 4.78 is 18.0. The predicted molar refractivity (Wildman–Crippen MR) is 59.5 cm³/mol. The molecule has 0 N–H and O–H groups in total. The highest BCUT2D eigenvalue weighted by atomic mass is 19.1. The van der Waals surface area contributed by atoms with Gasteiger partial charge in [0, 0.05) is 11.5 Å². The van der Waals surface area contributed by atoms with Crippen LogP contribution in [-0.2, 0) is 0 Å². The number of benzene rings is 1. The summed E-state index contributed by atoms with van der Waals surface area (Å²) >= 11 is 0. The van der Waals surface area contributed by atoms with Gasteiger partial charge in [-0.05, 0) is 13.0 Å². The highest BCUT2D eigenvalue weighted by Gasteiger charge is 2.14. The Hall–Kier alpha value is -1.49. The summed E-state index contributed by atoms with van der Waals surface area (Å²) in [4.78, 5) is 0. The zero-order chi connectivity index (χ0) is 11.3. The molecule has 0 heterocycles. The predicted octanol–water partition coefficient (Wildman–Crippen LogP) is 2.98. The standard InChI is InChI=1S/C13H14FO/c1-4-11-7-6-8-12(10(3)9-14)13(11)15-5-2/h1,6-8H,5,9H2,2-3H3. The second kappa shape index (κ2) is 5.41. The fraction of sp³-hybridized carbons (Fsp3) is 0.308. The Balaban J connectivity index is 3.20. The van der Waals surface area contributed by atoms with Crippen LogP contribution in [0.5, 0.6) is 5.75 Å². The molecule has 79 valence electrons. The molecule has 1 aromatic carbocycles. The van der Waals surface area contributed by atoms with E-state index in [1.807, 2.05) is 19.1 Å². The number of hydrogen-bond acceptors (Lipinski definition) is 1. The van der Waals surface area contributed by atoms with Gasteiger partial charge in [0.2, 0.25) is 0 Å². The van der Waals surface area contributed by atoms with E-state index in [-0.39, 0.29) is 0 Å². The Morgan fingerprint density at radius 1 is 1.53 bits per heavy atom. The Bertz CT molecular complexity index is 365. The van der Waals surface area contributed by atoms with Crippen LogP contribution in [0.2, 0.25) is 0 Å². The van der Waals surface area contributed by atoms with Gasteiger partial charge in [-0.25, -0.2) is 0 Å².